The summed E-state index contributed by atoms with van der Waals surface area (Å²) < 4.78 is 0. The molecule has 16 heavy (non-hydrogen) atoms. The Morgan fingerprint density at radius 3 is 2.50 bits per heavy atom. The van der Waals surface area contributed by atoms with Crippen molar-refractivity contribution in [3.05, 3.63) is 0 Å². The Balaban J connectivity index is 2.15. The number of nitrogens with one attached hydrogen (secondary N) is 1. The topological polar surface area (TPSA) is 75.4 Å². The molecule has 5 heteroatoms. The predicted molar refractivity (Wildman–Crippen MR) is 61.7 cm³/mol. The molecular formula is C11H21N3O2. The number of carbonyl (C=O) groups is 2. The fourth-order valence-electron chi connectivity index (χ4n) is 1.78. The van der Waals surface area contributed by atoms with E-state index >= 15 is 0 Å². The van der Waals surface area contributed by atoms with Gasteiger partial charge in [-0.1, -0.05) is 0 Å². The molecule has 1 aliphatic heterocycles. The van der Waals surface area contributed by atoms with Crippen LogP contribution < -0.4 is 11.1 Å². The van der Waals surface area contributed by atoms with Crippen LogP contribution in [-0.2, 0) is 9.59 Å². The van der Waals surface area contributed by atoms with E-state index in [-0.39, 0.29) is 18.4 Å². The standard InChI is InChI=1S/C11H21N3O2/c12-6-4-5-10(15)13-9-11(16)14-7-2-1-3-8-14/h1-9,12H2,(H,13,15). The molecule has 0 unspecified atom stereocenters. The number of likely N-dealkylation sites (tertiary alicyclic amines) is 1. The van der Waals surface area contributed by atoms with Gasteiger partial charge in [0.05, 0.1) is 6.54 Å². The third-order valence-electron chi connectivity index (χ3n) is 2.75. The van der Waals surface area contributed by atoms with Crippen molar-refractivity contribution < 1.29 is 9.59 Å². The van der Waals surface area contributed by atoms with Crippen molar-refractivity contribution in [3.63, 3.8) is 0 Å². The molecule has 0 saturated carbocycles. The minimum Gasteiger partial charge on any atom is -0.347 e. The van der Waals surface area contributed by atoms with Gasteiger partial charge in [0.25, 0.3) is 0 Å². The highest BCUT2D eigenvalue weighted by Gasteiger charge is 2.16. The van der Waals surface area contributed by atoms with Gasteiger partial charge >= 0.3 is 0 Å². The number of nitrogens with zero attached hydrogens (tertiary/aromatic N) is 1. The second kappa shape index (κ2) is 7.22. The first-order chi connectivity index (χ1) is 7.74. The molecule has 1 fully saturated rings. The van der Waals surface area contributed by atoms with Gasteiger partial charge in [0.15, 0.2) is 0 Å². The van der Waals surface area contributed by atoms with Crippen molar-refractivity contribution in [2.75, 3.05) is 26.2 Å². The van der Waals surface area contributed by atoms with Gasteiger partial charge in [0, 0.05) is 19.5 Å². The smallest absolute Gasteiger partial charge is 0.241 e. The quantitative estimate of drug-likeness (QED) is 0.686. The first-order valence-electron chi connectivity index (χ1n) is 5.98. The fraction of sp³-hybridized carbons (Fsp3) is 0.818. The van der Waals surface area contributed by atoms with E-state index in [9.17, 15) is 9.59 Å². The molecule has 1 rings (SSSR count). The zero-order valence-electron chi connectivity index (χ0n) is 9.71. The fourth-order valence-corrected chi connectivity index (χ4v) is 1.78. The first-order valence-corrected chi connectivity index (χ1v) is 5.98. The zero-order chi connectivity index (χ0) is 11.8. The second-order valence-electron chi connectivity index (χ2n) is 4.11. The summed E-state index contributed by atoms with van der Waals surface area (Å²) in [5.74, 6) is -0.0587. The van der Waals surface area contributed by atoms with Gasteiger partial charge in [0.1, 0.15) is 0 Å². The molecule has 5 nitrogen and oxygen atoms in total. The number of hydrogen-bond donors (Lipinski definition) is 2. The highest BCUT2D eigenvalue weighted by Crippen LogP contribution is 2.08. The molecule has 0 aromatic heterocycles. The van der Waals surface area contributed by atoms with E-state index < -0.39 is 0 Å². The van der Waals surface area contributed by atoms with Crippen molar-refractivity contribution >= 4 is 11.8 Å². The summed E-state index contributed by atoms with van der Waals surface area (Å²) in [6.07, 6.45) is 4.43. The van der Waals surface area contributed by atoms with Crippen molar-refractivity contribution in [3.8, 4) is 0 Å². The Labute approximate surface area is 96.4 Å². The summed E-state index contributed by atoms with van der Waals surface area (Å²) in [4.78, 5) is 24.7. The van der Waals surface area contributed by atoms with Crippen LogP contribution in [0.15, 0.2) is 0 Å². The summed E-state index contributed by atoms with van der Waals surface area (Å²) >= 11 is 0. The number of carbonyl (C=O) groups excluding carboxylic acids is 2. The van der Waals surface area contributed by atoms with Crippen LogP contribution in [0.1, 0.15) is 32.1 Å². The largest absolute Gasteiger partial charge is 0.347 e. The lowest BCUT2D eigenvalue weighted by molar-refractivity contribution is -0.133. The van der Waals surface area contributed by atoms with Crippen molar-refractivity contribution in [1.82, 2.24) is 10.2 Å². The normalized spacial score (nSPS) is 15.9. The van der Waals surface area contributed by atoms with E-state index in [4.69, 9.17) is 5.73 Å². The van der Waals surface area contributed by atoms with Crippen LogP contribution in [0.2, 0.25) is 0 Å². The van der Waals surface area contributed by atoms with E-state index in [0.29, 0.717) is 19.4 Å². The van der Waals surface area contributed by atoms with Crippen LogP contribution in [0, 0.1) is 0 Å². The van der Waals surface area contributed by atoms with Gasteiger partial charge in [-0.25, -0.2) is 0 Å². The SMILES string of the molecule is NCCCC(=O)NCC(=O)N1CCCCC1. The minimum atomic E-state index is -0.0872. The number of rotatable bonds is 5. The monoisotopic (exact) mass is 227 g/mol. The van der Waals surface area contributed by atoms with Crippen molar-refractivity contribution in [1.29, 1.82) is 0 Å². The van der Waals surface area contributed by atoms with Crippen LogP contribution in [0.3, 0.4) is 0 Å². The Bertz CT molecular complexity index is 237. The lowest BCUT2D eigenvalue weighted by Crippen LogP contribution is -2.42. The lowest BCUT2D eigenvalue weighted by atomic mass is 10.1. The molecule has 1 aliphatic rings. The molecule has 0 radical (unpaired) electrons. The number of amides is 2. The molecule has 0 aromatic rings. The van der Waals surface area contributed by atoms with Gasteiger partial charge in [-0.15, -0.1) is 0 Å². The van der Waals surface area contributed by atoms with Crippen LogP contribution in [0.4, 0.5) is 0 Å². The van der Waals surface area contributed by atoms with Gasteiger partial charge in [0.2, 0.25) is 11.8 Å². The number of hydrogen-bond acceptors (Lipinski definition) is 3. The summed E-state index contributed by atoms with van der Waals surface area (Å²) in [7, 11) is 0. The van der Waals surface area contributed by atoms with E-state index in [0.717, 1.165) is 25.9 Å². The van der Waals surface area contributed by atoms with Crippen molar-refractivity contribution in [2.24, 2.45) is 5.73 Å². The zero-order valence-corrected chi connectivity index (χ0v) is 9.71. The van der Waals surface area contributed by atoms with Gasteiger partial charge < -0.3 is 16.0 Å². The predicted octanol–water partition coefficient (Wildman–Crippen LogP) is -0.146. The number of piperidine rings is 1. The van der Waals surface area contributed by atoms with Crippen molar-refractivity contribution in [2.45, 2.75) is 32.1 Å². The maximum atomic E-state index is 11.7. The van der Waals surface area contributed by atoms with Crippen LogP contribution in [-0.4, -0.2) is 42.9 Å². The Kier molecular flexibility index (Phi) is 5.85. The van der Waals surface area contributed by atoms with Gasteiger partial charge in [-0.3, -0.25) is 9.59 Å². The van der Waals surface area contributed by atoms with Gasteiger partial charge in [-0.05, 0) is 32.2 Å². The maximum Gasteiger partial charge on any atom is 0.241 e. The molecule has 2 amide bonds. The molecule has 0 aromatic carbocycles. The lowest BCUT2D eigenvalue weighted by Gasteiger charge is -2.26. The summed E-state index contributed by atoms with van der Waals surface area (Å²) in [5, 5.41) is 2.63. The van der Waals surface area contributed by atoms with E-state index in [2.05, 4.69) is 5.32 Å². The Hall–Kier alpha value is -1.10. The molecule has 3 N–H and O–H groups in total. The molecular weight excluding hydrogens is 206 g/mol. The van der Waals surface area contributed by atoms with E-state index in [1.807, 2.05) is 4.90 Å². The molecule has 0 bridgehead atoms. The van der Waals surface area contributed by atoms with E-state index in [1.165, 1.54) is 6.42 Å². The molecule has 1 heterocycles. The molecule has 92 valence electrons. The third-order valence-corrected chi connectivity index (χ3v) is 2.75. The third kappa shape index (κ3) is 4.61. The summed E-state index contributed by atoms with van der Waals surface area (Å²) in [6, 6.07) is 0. The molecule has 0 aliphatic carbocycles. The van der Waals surface area contributed by atoms with Gasteiger partial charge in [-0.2, -0.15) is 0 Å². The highest BCUT2D eigenvalue weighted by atomic mass is 16.2. The minimum absolute atomic E-state index is 0.0285. The number of nitrogens with two attached hydrogens (primary N) is 1. The molecule has 0 atom stereocenters. The molecule has 0 spiro atoms. The average molecular weight is 227 g/mol. The van der Waals surface area contributed by atoms with Crippen LogP contribution >= 0.6 is 0 Å². The average Bonchev–Trinajstić information content (AvgIpc) is 2.34. The molecule has 1 saturated heterocycles. The van der Waals surface area contributed by atoms with Crippen LogP contribution in [0.5, 0.6) is 0 Å². The Morgan fingerprint density at radius 2 is 1.88 bits per heavy atom. The maximum absolute atomic E-state index is 11.7. The highest BCUT2D eigenvalue weighted by molar-refractivity contribution is 5.84. The Morgan fingerprint density at radius 1 is 1.19 bits per heavy atom. The second-order valence-corrected chi connectivity index (χ2v) is 4.11. The van der Waals surface area contributed by atoms with Crippen LogP contribution in [0.25, 0.3) is 0 Å². The first kappa shape index (κ1) is 13.0. The summed E-state index contributed by atoms with van der Waals surface area (Å²) in [6.45, 7) is 2.30. The summed E-state index contributed by atoms with van der Waals surface area (Å²) in [5.41, 5.74) is 5.29. The van der Waals surface area contributed by atoms with E-state index in [1.54, 1.807) is 0 Å².